The third kappa shape index (κ3) is 4.49. The van der Waals surface area contributed by atoms with Crippen molar-refractivity contribution in [1.82, 2.24) is 14.8 Å². The number of aromatic nitrogens is 1. The van der Waals surface area contributed by atoms with E-state index in [-0.39, 0.29) is 23.2 Å². The summed E-state index contributed by atoms with van der Waals surface area (Å²) in [5.74, 6) is -3.63. The highest BCUT2D eigenvalue weighted by atomic mass is 16.5. The van der Waals surface area contributed by atoms with E-state index in [1.54, 1.807) is 61.8 Å². The normalized spacial score (nSPS) is 13.4. The van der Waals surface area contributed by atoms with Crippen molar-refractivity contribution >= 4 is 29.6 Å². The molecule has 0 radical (unpaired) electrons. The van der Waals surface area contributed by atoms with E-state index in [0.717, 1.165) is 4.90 Å². The Morgan fingerprint density at radius 1 is 0.882 bits per heavy atom. The Kier molecular flexibility index (Phi) is 6.35. The minimum Gasteiger partial charge on any atom is -0.454 e. The van der Waals surface area contributed by atoms with Gasteiger partial charge in [-0.3, -0.25) is 29.4 Å². The molecule has 0 saturated heterocycles. The van der Waals surface area contributed by atoms with Gasteiger partial charge in [-0.1, -0.05) is 42.5 Å². The van der Waals surface area contributed by atoms with Crippen molar-refractivity contribution in [3.8, 4) is 0 Å². The van der Waals surface area contributed by atoms with Crippen LogP contribution in [0.2, 0.25) is 0 Å². The fourth-order valence-electron chi connectivity index (χ4n) is 3.76. The van der Waals surface area contributed by atoms with E-state index >= 15 is 0 Å². The second-order valence-electron chi connectivity index (χ2n) is 7.72. The van der Waals surface area contributed by atoms with Crippen LogP contribution in [0.5, 0.6) is 0 Å². The molecule has 34 heavy (non-hydrogen) atoms. The summed E-state index contributed by atoms with van der Waals surface area (Å²) in [7, 11) is 1.65. The Morgan fingerprint density at radius 3 is 2.09 bits per heavy atom. The fraction of sp³-hybridized carbons (Fsp3) is 0.160. The molecule has 1 N–H and O–H groups in total. The summed E-state index contributed by atoms with van der Waals surface area (Å²) >= 11 is 0. The van der Waals surface area contributed by atoms with E-state index < -0.39 is 42.2 Å². The van der Waals surface area contributed by atoms with Gasteiger partial charge in [0.2, 0.25) is 0 Å². The Balaban J connectivity index is 1.49. The maximum Gasteiger partial charge on any atom is 0.330 e. The quantitative estimate of drug-likeness (QED) is 0.425. The lowest BCUT2D eigenvalue weighted by Crippen LogP contribution is -2.47. The lowest BCUT2D eigenvalue weighted by atomic mass is 10.0. The lowest BCUT2D eigenvalue weighted by molar-refractivity contribution is -0.152. The number of ether oxygens (including phenoxy) is 1. The molecule has 0 saturated carbocycles. The van der Waals surface area contributed by atoms with Gasteiger partial charge in [-0.25, -0.2) is 4.79 Å². The molecular formula is C25H21N3O6. The lowest BCUT2D eigenvalue weighted by Gasteiger charge is -2.24. The predicted octanol–water partition coefficient (Wildman–Crippen LogP) is 1.73. The third-order valence-corrected chi connectivity index (χ3v) is 5.46. The summed E-state index contributed by atoms with van der Waals surface area (Å²) < 4.78 is 6.67. The fourth-order valence-corrected chi connectivity index (χ4v) is 3.76. The van der Waals surface area contributed by atoms with Crippen molar-refractivity contribution in [2.75, 3.05) is 6.61 Å². The van der Waals surface area contributed by atoms with Gasteiger partial charge in [0.05, 0.1) is 11.1 Å². The molecule has 0 bridgehead atoms. The molecule has 9 heteroatoms. The van der Waals surface area contributed by atoms with Crippen molar-refractivity contribution in [1.29, 1.82) is 0 Å². The zero-order chi connectivity index (χ0) is 24.2. The summed E-state index contributed by atoms with van der Waals surface area (Å²) in [4.78, 5) is 64.2. The summed E-state index contributed by atoms with van der Waals surface area (Å²) in [5.41, 5.74) is 1.35. The molecule has 0 aliphatic carbocycles. The first-order valence-electron chi connectivity index (χ1n) is 10.5. The summed E-state index contributed by atoms with van der Waals surface area (Å²) in [5, 5.41) is 2.14. The van der Waals surface area contributed by atoms with Crippen LogP contribution in [0.15, 0.2) is 72.9 Å². The van der Waals surface area contributed by atoms with Crippen LogP contribution in [0, 0.1) is 0 Å². The van der Waals surface area contributed by atoms with Crippen molar-refractivity contribution in [3.05, 3.63) is 95.3 Å². The maximum atomic E-state index is 13.0. The van der Waals surface area contributed by atoms with Crippen LogP contribution in [0.1, 0.15) is 36.8 Å². The molecule has 9 nitrogen and oxygen atoms in total. The third-order valence-electron chi connectivity index (χ3n) is 5.46. The molecule has 1 aliphatic rings. The smallest absolute Gasteiger partial charge is 0.330 e. The van der Waals surface area contributed by atoms with Crippen LogP contribution in [-0.2, 0) is 27.8 Å². The zero-order valence-corrected chi connectivity index (χ0v) is 18.3. The van der Waals surface area contributed by atoms with E-state index in [1.165, 1.54) is 22.8 Å². The van der Waals surface area contributed by atoms with Crippen LogP contribution >= 0.6 is 0 Å². The minimum atomic E-state index is -1.29. The number of amides is 4. The first kappa shape index (κ1) is 22.7. The molecule has 172 valence electrons. The number of esters is 1. The topological polar surface area (TPSA) is 115 Å². The first-order valence-corrected chi connectivity index (χ1v) is 10.5. The number of nitrogens with one attached hydrogen (secondary N) is 1. The van der Waals surface area contributed by atoms with Gasteiger partial charge in [-0.2, -0.15) is 0 Å². The van der Waals surface area contributed by atoms with Gasteiger partial charge < -0.3 is 9.30 Å². The standard InChI is InChI=1S/C25H21N3O6/c1-27-13-7-12-19(27)22(30)26-21(29)15-34-25(33)20(14-16-8-3-2-4-9-16)28-23(31)17-10-5-6-11-18(17)24(28)32/h2-13,20H,14-15H2,1H3,(H,26,29,30)/t20-/m1/s1. The van der Waals surface area contributed by atoms with Crippen molar-refractivity contribution in [3.63, 3.8) is 0 Å². The molecule has 4 amide bonds. The van der Waals surface area contributed by atoms with Gasteiger partial charge in [0, 0.05) is 19.7 Å². The number of rotatable bonds is 7. The Bertz CT molecular complexity index is 1250. The molecular weight excluding hydrogens is 438 g/mol. The van der Waals surface area contributed by atoms with Crippen molar-refractivity contribution < 1.29 is 28.7 Å². The van der Waals surface area contributed by atoms with Crippen LogP contribution in [-0.4, -0.2) is 51.7 Å². The maximum absolute atomic E-state index is 13.0. The van der Waals surface area contributed by atoms with Gasteiger partial charge in [0.25, 0.3) is 23.6 Å². The number of fused-ring (bicyclic) bond motifs is 1. The number of hydrogen-bond acceptors (Lipinski definition) is 6. The number of benzene rings is 2. The number of hydrogen-bond donors (Lipinski definition) is 1. The molecule has 4 rings (SSSR count). The van der Waals surface area contributed by atoms with Gasteiger partial charge in [-0.15, -0.1) is 0 Å². The number of carbonyl (C=O) groups is 5. The van der Waals surface area contributed by atoms with Gasteiger partial charge in [0.1, 0.15) is 11.7 Å². The number of aryl methyl sites for hydroxylation is 1. The summed E-state index contributed by atoms with van der Waals surface area (Å²) in [6.07, 6.45) is 1.66. The highest BCUT2D eigenvalue weighted by molar-refractivity contribution is 6.22. The highest BCUT2D eigenvalue weighted by Crippen LogP contribution is 2.26. The molecule has 1 aromatic heterocycles. The first-order chi connectivity index (χ1) is 16.4. The Hall–Kier alpha value is -4.53. The number of imide groups is 2. The Morgan fingerprint density at radius 2 is 1.50 bits per heavy atom. The monoisotopic (exact) mass is 459 g/mol. The van der Waals surface area contributed by atoms with Crippen LogP contribution in [0.3, 0.4) is 0 Å². The summed E-state index contributed by atoms with van der Waals surface area (Å²) in [6, 6.07) is 17.0. The molecule has 2 heterocycles. The van der Waals surface area contributed by atoms with E-state index in [4.69, 9.17) is 4.74 Å². The average molecular weight is 459 g/mol. The highest BCUT2D eigenvalue weighted by Gasteiger charge is 2.43. The molecule has 0 spiro atoms. The second-order valence-corrected chi connectivity index (χ2v) is 7.72. The molecule has 0 fully saturated rings. The minimum absolute atomic E-state index is 0.00897. The van der Waals surface area contributed by atoms with Gasteiger partial charge >= 0.3 is 5.97 Å². The average Bonchev–Trinajstić information content (AvgIpc) is 3.38. The second kappa shape index (κ2) is 9.53. The van der Waals surface area contributed by atoms with Gasteiger partial charge in [0.15, 0.2) is 6.61 Å². The predicted molar refractivity (Wildman–Crippen MR) is 120 cm³/mol. The molecule has 1 atom stereocenters. The summed E-state index contributed by atoms with van der Waals surface area (Å²) in [6.45, 7) is -0.747. The van der Waals surface area contributed by atoms with E-state index in [9.17, 15) is 24.0 Å². The zero-order valence-electron chi connectivity index (χ0n) is 18.3. The van der Waals surface area contributed by atoms with E-state index in [1.807, 2.05) is 0 Å². The van der Waals surface area contributed by atoms with Crippen molar-refractivity contribution in [2.24, 2.45) is 7.05 Å². The molecule has 2 aromatic carbocycles. The van der Waals surface area contributed by atoms with Crippen LogP contribution in [0.4, 0.5) is 0 Å². The number of carbonyl (C=O) groups excluding carboxylic acids is 5. The Labute approximate surface area is 194 Å². The van der Waals surface area contributed by atoms with Crippen LogP contribution < -0.4 is 5.32 Å². The largest absolute Gasteiger partial charge is 0.454 e. The van der Waals surface area contributed by atoms with Gasteiger partial charge in [-0.05, 0) is 29.8 Å². The van der Waals surface area contributed by atoms with E-state index in [2.05, 4.69) is 5.32 Å². The van der Waals surface area contributed by atoms with E-state index in [0.29, 0.717) is 5.56 Å². The van der Waals surface area contributed by atoms with Crippen molar-refractivity contribution in [2.45, 2.75) is 12.5 Å². The molecule has 0 unspecified atom stereocenters. The molecule has 3 aromatic rings. The molecule has 1 aliphatic heterocycles. The SMILES string of the molecule is Cn1cccc1C(=O)NC(=O)COC(=O)[C@@H](Cc1ccccc1)N1C(=O)c2ccccc2C1=O. The van der Waals surface area contributed by atoms with Crippen LogP contribution in [0.25, 0.3) is 0 Å². The number of nitrogens with zero attached hydrogens (tertiary/aromatic N) is 2.